The van der Waals surface area contributed by atoms with E-state index in [1.165, 1.54) is 24.8 Å². The van der Waals surface area contributed by atoms with Gasteiger partial charge in [0.05, 0.1) is 0 Å². The molecule has 1 aliphatic rings. The number of hydrogen-bond acceptors (Lipinski definition) is 1. The number of nitrogens with two attached hydrogens (primary N) is 1. The predicted molar refractivity (Wildman–Crippen MR) is 88.7 cm³/mol. The second kappa shape index (κ2) is 7.61. The van der Waals surface area contributed by atoms with E-state index in [1.54, 1.807) is 0 Å². The van der Waals surface area contributed by atoms with Crippen LogP contribution in [0.1, 0.15) is 31.2 Å². The van der Waals surface area contributed by atoms with Crippen molar-refractivity contribution >= 4 is 35.6 Å². The first-order chi connectivity index (χ1) is 8.24. The lowest BCUT2D eigenvalue weighted by atomic mass is 10.2. The molecule has 3 nitrogen and oxygen atoms in total. The van der Waals surface area contributed by atoms with Crippen molar-refractivity contribution in [1.29, 1.82) is 0 Å². The molecule has 3 N–H and O–H groups in total. The van der Waals surface area contributed by atoms with Crippen molar-refractivity contribution in [1.82, 2.24) is 0 Å². The van der Waals surface area contributed by atoms with E-state index in [2.05, 4.69) is 29.4 Å². The molecule has 0 atom stereocenters. The molecule has 100 valence electrons. The second-order valence-electron chi connectivity index (χ2n) is 4.84. The van der Waals surface area contributed by atoms with E-state index in [-0.39, 0.29) is 24.0 Å². The summed E-state index contributed by atoms with van der Waals surface area (Å²) in [6.45, 7) is 2.90. The first-order valence-electron chi connectivity index (χ1n) is 6.37. The van der Waals surface area contributed by atoms with Crippen molar-refractivity contribution in [2.45, 2.75) is 32.6 Å². The van der Waals surface area contributed by atoms with Crippen LogP contribution in [-0.2, 0) is 0 Å². The molecule has 0 aliphatic heterocycles. The monoisotopic (exact) mass is 359 g/mol. The molecule has 0 amide bonds. The summed E-state index contributed by atoms with van der Waals surface area (Å²) < 4.78 is 0. The van der Waals surface area contributed by atoms with Crippen LogP contribution in [0.2, 0.25) is 0 Å². The first-order valence-corrected chi connectivity index (χ1v) is 6.37. The molecule has 1 aliphatic carbocycles. The van der Waals surface area contributed by atoms with Gasteiger partial charge in [0.15, 0.2) is 5.96 Å². The summed E-state index contributed by atoms with van der Waals surface area (Å²) in [6.07, 6.45) is 5.30. The highest BCUT2D eigenvalue weighted by molar-refractivity contribution is 14.0. The summed E-state index contributed by atoms with van der Waals surface area (Å²) in [6, 6.07) is 8.15. The third kappa shape index (κ3) is 5.71. The van der Waals surface area contributed by atoms with E-state index in [4.69, 9.17) is 5.73 Å². The third-order valence-corrected chi connectivity index (χ3v) is 3.07. The number of benzene rings is 1. The van der Waals surface area contributed by atoms with Crippen molar-refractivity contribution in [3.8, 4) is 0 Å². The molecule has 0 bridgehead atoms. The molecule has 0 spiro atoms. The summed E-state index contributed by atoms with van der Waals surface area (Å²) in [4.78, 5) is 4.32. The van der Waals surface area contributed by atoms with E-state index in [0.29, 0.717) is 5.96 Å². The number of anilines is 1. The first kappa shape index (κ1) is 15.3. The second-order valence-corrected chi connectivity index (χ2v) is 4.84. The van der Waals surface area contributed by atoms with Crippen LogP contribution in [0.4, 0.5) is 5.69 Å². The molecule has 1 fully saturated rings. The van der Waals surface area contributed by atoms with Gasteiger partial charge in [-0.15, -0.1) is 24.0 Å². The minimum atomic E-state index is 0. The molecule has 0 unspecified atom stereocenters. The van der Waals surface area contributed by atoms with Gasteiger partial charge in [0, 0.05) is 12.2 Å². The van der Waals surface area contributed by atoms with Gasteiger partial charge in [0.25, 0.3) is 0 Å². The van der Waals surface area contributed by atoms with E-state index in [0.717, 1.165) is 24.6 Å². The number of nitrogens with zero attached hydrogens (tertiary/aromatic N) is 1. The number of halogens is 1. The highest BCUT2D eigenvalue weighted by Gasteiger charge is 2.19. The van der Waals surface area contributed by atoms with Gasteiger partial charge in [0.2, 0.25) is 0 Å². The molecule has 0 heterocycles. The van der Waals surface area contributed by atoms with Gasteiger partial charge in [-0.3, -0.25) is 4.99 Å². The zero-order valence-corrected chi connectivity index (χ0v) is 13.2. The Kier molecular flexibility index (Phi) is 6.46. The summed E-state index contributed by atoms with van der Waals surface area (Å²) in [7, 11) is 0. The highest BCUT2D eigenvalue weighted by Crippen LogP contribution is 2.33. The lowest BCUT2D eigenvalue weighted by Crippen LogP contribution is -2.22. The Hall–Kier alpha value is -0.780. The Balaban J connectivity index is 0.00000162. The number of guanidine groups is 1. The van der Waals surface area contributed by atoms with Gasteiger partial charge in [-0.25, -0.2) is 0 Å². The third-order valence-electron chi connectivity index (χ3n) is 3.07. The van der Waals surface area contributed by atoms with Gasteiger partial charge in [-0.2, -0.15) is 0 Å². The predicted octanol–water partition coefficient (Wildman–Crippen LogP) is 3.53. The average molecular weight is 359 g/mol. The molecule has 4 heteroatoms. The quantitative estimate of drug-likeness (QED) is 0.366. The Morgan fingerprint density at radius 1 is 1.33 bits per heavy atom. The Labute approximate surface area is 126 Å². The van der Waals surface area contributed by atoms with Gasteiger partial charge in [-0.05, 0) is 37.8 Å². The number of nitrogens with one attached hydrogen (secondary N) is 1. The van der Waals surface area contributed by atoms with Gasteiger partial charge in [0.1, 0.15) is 0 Å². The molecule has 1 saturated carbocycles. The summed E-state index contributed by atoms with van der Waals surface area (Å²) >= 11 is 0. The van der Waals surface area contributed by atoms with Crippen LogP contribution < -0.4 is 11.1 Å². The summed E-state index contributed by atoms with van der Waals surface area (Å²) in [5.74, 6) is 1.50. The summed E-state index contributed by atoms with van der Waals surface area (Å²) in [5, 5.41) is 3.10. The SMILES string of the molecule is Cc1ccc(NC(N)=NCCCC2CC2)cc1.I. The molecule has 1 aromatic carbocycles. The van der Waals surface area contributed by atoms with Crippen LogP contribution in [0.5, 0.6) is 0 Å². The van der Waals surface area contributed by atoms with Crippen molar-refractivity contribution in [3.63, 3.8) is 0 Å². The normalized spacial score (nSPS) is 15.1. The van der Waals surface area contributed by atoms with Gasteiger partial charge < -0.3 is 11.1 Å². The Bertz CT molecular complexity index is 383. The number of aliphatic imine (C=N–C) groups is 1. The average Bonchev–Trinajstić information content (AvgIpc) is 3.12. The largest absolute Gasteiger partial charge is 0.370 e. The maximum atomic E-state index is 5.82. The van der Waals surface area contributed by atoms with Gasteiger partial charge in [-0.1, -0.05) is 30.5 Å². The van der Waals surface area contributed by atoms with Crippen LogP contribution in [0, 0.1) is 12.8 Å². The molecule has 18 heavy (non-hydrogen) atoms. The fourth-order valence-electron chi connectivity index (χ4n) is 1.81. The Morgan fingerprint density at radius 3 is 2.61 bits per heavy atom. The molecule has 2 rings (SSSR count). The zero-order chi connectivity index (χ0) is 12.1. The fourth-order valence-corrected chi connectivity index (χ4v) is 1.81. The number of rotatable bonds is 5. The van der Waals surface area contributed by atoms with Crippen LogP contribution in [0.3, 0.4) is 0 Å². The van der Waals surface area contributed by atoms with Crippen LogP contribution in [-0.4, -0.2) is 12.5 Å². The lowest BCUT2D eigenvalue weighted by Gasteiger charge is -2.05. The Morgan fingerprint density at radius 2 is 2.00 bits per heavy atom. The van der Waals surface area contributed by atoms with E-state index in [9.17, 15) is 0 Å². The zero-order valence-electron chi connectivity index (χ0n) is 10.9. The molecule has 0 aromatic heterocycles. The standard InChI is InChI=1S/C14H21N3.HI/c1-11-4-8-13(9-5-11)17-14(15)16-10-2-3-12-6-7-12;/h4-5,8-9,12H,2-3,6-7,10H2,1H3,(H3,15,16,17);1H. The van der Waals surface area contributed by atoms with Crippen molar-refractivity contribution < 1.29 is 0 Å². The number of aryl methyl sites for hydroxylation is 1. The van der Waals surface area contributed by atoms with Crippen LogP contribution in [0.15, 0.2) is 29.3 Å². The van der Waals surface area contributed by atoms with E-state index in [1.807, 2.05) is 12.1 Å². The summed E-state index contributed by atoms with van der Waals surface area (Å²) in [5.41, 5.74) is 8.06. The van der Waals surface area contributed by atoms with Crippen molar-refractivity contribution in [2.75, 3.05) is 11.9 Å². The highest BCUT2D eigenvalue weighted by atomic mass is 127. The minimum absolute atomic E-state index is 0. The molecule has 1 aromatic rings. The maximum Gasteiger partial charge on any atom is 0.193 e. The maximum absolute atomic E-state index is 5.82. The van der Waals surface area contributed by atoms with Crippen LogP contribution >= 0.6 is 24.0 Å². The topological polar surface area (TPSA) is 50.4 Å². The smallest absolute Gasteiger partial charge is 0.193 e. The molecule has 0 saturated heterocycles. The van der Waals surface area contributed by atoms with Crippen LogP contribution in [0.25, 0.3) is 0 Å². The minimum Gasteiger partial charge on any atom is -0.370 e. The lowest BCUT2D eigenvalue weighted by molar-refractivity contribution is 0.675. The van der Waals surface area contributed by atoms with Crippen molar-refractivity contribution in [2.24, 2.45) is 16.6 Å². The number of hydrogen-bond donors (Lipinski definition) is 2. The molecular formula is C14H22IN3. The van der Waals surface area contributed by atoms with Crippen molar-refractivity contribution in [3.05, 3.63) is 29.8 Å². The van der Waals surface area contributed by atoms with E-state index < -0.39 is 0 Å². The fraction of sp³-hybridized carbons (Fsp3) is 0.500. The molecular weight excluding hydrogens is 337 g/mol. The van der Waals surface area contributed by atoms with Gasteiger partial charge >= 0.3 is 0 Å². The van der Waals surface area contributed by atoms with E-state index >= 15 is 0 Å². The molecule has 0 radical (unpaired) electrons.